The minimum Gasteiger partial charge on any atom is -0.316 e. The summed E-state index contributed by atoms with van der Waals surface area (Å²) in [5.74, 6) is 1.07. The first-order valence-corrected chi connectivity index (χ1v) is 8.54. The smallest absolute Gasteiger partial charge is 0.119 e. The van der Waals surface area contributed by atoms with Crippen molar-refractivity contribution in [1.29, 1.82) is 0 Å². The van der Waals surface area contributed by atoms with E-state index in [4.69, 9.17) is 0 Å². The van der Waals surface area contributed by atoms with Gasteiger partial charge in [0.15, 0.2) is 0 Å². The van der Waals surface area contributed by atoms with Crippen molar-refractivity contribution in [1.82, 2.24) is 5.32 Å². The molecule has 1 N–H and O–H groups in total. The molecule has 1 unspecified atom stereocenters. The van der Waals surface area contributed by atoms with E-state index < -0.39 is 0 Å². The SMILES string of the molecule is C=C/C(=C\C(F)=C/C)C(C)CNCCCC1CCCCC1. The van der Waals surface area contributed by atoms with E-state index in [0.717, 1.165) is 24.6 Å². The summed E-state index contributed by atoms with van der Waals surface area (Å²) in [6.45, 7) is 9.57. The summed E-state index contributed by atoms with van der Waals surface area (Å²) in [7, 11) is 0. The Bertz CT molecular complexity index is 351. The van der Waals surface area contributed by atoms with Crippen LogP contribution in [0.2, 0.25) is 0 Å². The average Bonchev–Trinajstić information content (AvgIpc) is 2.52. The lowest BCUT2D eigenvalue weighted by Gasteiger charge is -2.21. The summed E-state index contributed by atoms with van der Waals surface area (Å²) in [4.78, 5) is 0. The second-order valence-electron chi connectivity index (χ2n) is 6.27. The fraction of sp³-hybridized carbons (Fsp3) is 0.684. The maximum Gasteiger partial charge on any atom is 0.119 e. The number of allylic oxidation sites excluding steroid dienone is 4. The number of hydrogen-bond acceptors (Lipinski definition) is 1. The molecule has 0 amide bonds. The van der Waals surface area contributed by atoms with E-state index in [9.17, 15) is 4.39 Å². The van der Waals surface area contributed by atoms with Crippen molar-refractivity contribution < 1.29 is 4.39 Å². The van der Waals surface area contributed by atoms with Crippen LogP contribution in [0.5, 0.6) is 0 Å². The highest BCUT2D eigenvalue weighted by atomic mass is 19.1. The fourth-order valence-electron chi connectivity index (χ4n) is 3.07. The fourth-order valence-corrected chi connectivity index (χ4v) is 3.07. The molecule has 0 radical (unpaired) electrons. The van der Waals surface area contributed by atoms with Gasteiger partial charge in [-0.3, -0.25) is 0 Å². The molecule has 1 fully saturated rings. The third-order valence-electron chi connectivity index (χ3n) is 4.53. The maximum absolute atomic E-state index is 13.3. The zero-order valence-electron chi connectivity index (χ0n) is 13.8. The Morgan fingerprint density at radius 1 is 1.33 bits per heavy atom. The molecule has 0 spiro atoms. The Kier molecular flexibility index (Phi) is 9.32. The molecule has 0 aromatic rings. The molecule has 120 valence electrons. The standard InChI is InChI=1S/C19H32FN/c1-4-18(14-19(20)5-2)16(3)15-21-13-9-12-17-10-7-6-8-11-17/h4-5,14,16-17,21H,1,6-13,15H2,2-3H3/b18-14+,19-5+. The van der Waals surface area contributed by atoms with E-state index in [2.05, 4.69) is 18.8 Å². The van der Waals surface area contributed by atoms with Crippen LogP contribution in [-0.2, 0) is 0 Å². The molecule has 2 heteroatoms. The second kappa shape index (κ2) is 10.8. The van der Waals surface area contributed by atoms with Gasteiger partial charge in [-0.05, 0) is 49.8 Å². The van der Waals surface area contributed by atoms with Crippen LogP contribution in [0, 0.1) is 11.8 Å². The molecule has 0 heterocycles. The van der Waals surface area contributed by atoms with E-state index in [1.54, 1.807) is 19.1 Å². The molecule has 1 atom stereocenters. The van der Waals surface area contributed by atoms with Gasteiger partial charge < -0.3 is 5.32 Å². The number of hydrogen-bond donors (Lipinski definition) is 1. The molecular formula is C19H32FN. The van der Waals surface area contributed by atoms with Gasteiger partial charge in [0.25, 0.3) is 0 Å². The maximum atomic E-state index is 13.3. The number of halogens is 1. The Hall–Kier alpha value is -0.890. The lowest BCUT2D eigenvalue weighted by molar-refractivity contribution is 0.330. The van der Waals surface area contributed by atoms with Crippen LogP contribution in [0.1, 0.15) is 58.8 Å². The van der Waals surface area contributed by atoms with Crippen molar-refractivity contribution in [2.45, 2.75) is 58.8 Å². The third-order valence-corrected chi connectivity index (χ3v) is 4.53. The monoisotopic (exact) mass is 293 g/mol. The second-order valence-corrected chi connectivity index (χ2v) is 6.27. The first-order valence-electron chi connectivity index (χ1n) is 8.54. The van der Waals surface area contributed by atoms with Gasteiger partial charge in [0.05, 0.1) is 0 Å². The van der Waals surface area contributed by atoms with Crippen molar-refractivity contribution in [3.63, 3.8) is 0 Å². The van der Waals surface area contributed by atoms with Gasteiger partial charge in [-0.25, -0.2) is 4.39 Å². The zero-order chi connectivity index (χ0) is 15.5. The van der Waals surface area contributed by atoms with Crippen LogP contribution in [0.3, 0.4) is 0 Å². The van der Waals surface area contributed by atoms with Crippen molar-refractivity contribution in [2.24, 2.45) is 11.8 Å². The Balaban J connectivity index is 2.18. The van der Waals surface area contributed by atoms with Gasteiger partial charge in [0.2, 0.25) is 0 Å². The van der Waals surface area contributed by atoms with Gasteiger partial charge in [-0.1, -0.05) is 57.8 Å². The molecule has 0 aliphatic heterocycles. The van der Waals surface area contributed by atoms with Crippen molar-refractivity contribution in [3.8, 4) is 0 Å². The zero-order valence-corrected chi connectivity index (χ0v) is 13.8. The largest absolute Gasteiger partial charge is 0.316 e. The molecule has 1 saturated carbocycles. The molecule has 1 aliphatic rings. The molecular weight excluding hydrogens is 261 g/mol. The van der Waals surface area contributed by atoms with Gasteiger partial charge >= 0.3 is 0 Å². The van der Waals surface area contributed by atoms with Crippen LogP contribution in [0.25, 0.3) is 0 Å². The minimum absolute atomic E-state index is 0.186. The van der Waals surface area contributed by atoms with Crippen LogP contribution in [0.4, 0.5) is 4.39 Å². The highest BCUT2D eigenvalue weighted by molar-refractivity contribution is 5.27. The predicted molar refractivity (Wildman–Crippen MR) is 91.0 cm³/mol. The van der Waals surface area contributed by atoms with E-state index in [1.165, 1.54) is 51.0 Å². The van der Waals surface area contributed by atoms with Crippen molar-refractivity contribution in [3.05, 3.63) is 36.2 Å². The summed E-state index contributed by atoms with van der Waals surface area (Å²) in [5, 5.41) is 3.50. The van der Waals surface area contributed by atoms with E-state index >= 15 is 0 Å². The summed E-state index contributed by atoms with van der Waals surface area (Å²) in [6, 6.07) is 0. The molecule has 1 rings (SSSR count). The van der Waals surface area contributed by atoms with Crippen LogP contribution in [-0.4, -0.2) is 13.1 Å². The van der Waals surface area contributed by atoms with E-state index in [1.807, 2.05) is 0 Å². The molecule has 0 aromatic carbocycles. The average molecular weight is 293 g/mol. The Morgan fingerprint density at radius 3 is 2.67 bits per heavy atom. The van der Waals surface area contributed by atoms with E-state index in [-0.39, 0.29) is 5.83 Å². The molecule has 0 bridgehead atoms. The van der Waals surface area contributed by atoms with Crippen molar-refractivity contribution >= 4 is 0 Å². The minimum atomic E-state index is -0.186. The molecule has 21 heavy (non-hydrogen) atoms. The molecule has 1 nitrogen and oxygen atoms in total. The Morgan fingerprint density at radius 2 is 2.05 bits per heavy atom. The van der Waals surface area contributed by atoms with Crippen LogP contribution in [0.15, 0.2) is 36.2 Å². The highest BCUT2D eigenvalue weighted by Gasteiger charge is 2.12. The molecule has 0 saturated heterocycles. The van der Waals surface area contributed by atoms with Gasteiger partial charge in [-0.2, -0.15) is 0 Å². The number of nitrogens with one attached hydrogen (secondary N) is 1. The topological polar surface area (TPSA) is 12.0 Å². The molecule has 1 aliphatic carbocycles. The highest BCUT2D eigenvalue weighted by Crippen LogP contribution is 2.27. The number of rotatable bonds is 9. The summed E-state index contributed by atoms with van der Waals surface area (Å²) in [6.07, 6.45) is 14.6. The Labute approximate surface area is 130 Å². The predicted octanol–water partition coefficient (Wildman–Crippen LogP) is 5.56. The van der Waals surface area contributed by atoms with Crippen molar-refractivity contribution in [2.75, 3.05) is 13.1 Å². The lowest BCUT2D eigenvalue weighted by Crippen LogP contribution is -2.23. The van der Waals surface area contributed by atoms with E-state index in [0.29, 0.717) is 5.92 Å². The molecule has 0 aromatic heterocycles. The normalized spacial score (nSPS) is 19.6. The lowest BCUT2D eigenvalue weighted by atomic mass is 9.86. The van der Waals surface area contributed by atoms with Crippen LogP contribution >= 0.6 is 0 Å². The van der Waals surface area contributed by atoms with Crippen LogP contribution < -0.4 is 5.32 Å². The quantitative estimate of drug-likeness (QED) is 0.433. The van der Waals surface area contributed by atoms with Gasteiger partial charge in [-0.15, -0.1) is 0 Å². The first-order chi connectivity index (χ1) is 10.2. The summed E-state index contributed by atoms with van der Waals surface area (Å²) >= 11 is 0. The summed E-state index contributed by atoms with van der Waals surface area (Å²) < 4.78 is 13.3. The summed E-state index contributed by atoms with van der Waals surface area (Å²) in [5.41, 5.74) is 0.963. The van der Waals surface area contributed by atoms with Gasteiger partial charge in [0.1, 0.15) is 5.83 Å². The van der Waals surface area contributed by atoms with Gasteiger partial charge in [0, 0.05) is 6.54 Å². The first kappa shape index (κ1) is 18.2. The third kappa shape index (κ3) is 7.61.